The van der Waals surface area contributed by atoms with Gasteiger partial charge < -0.3 is 15.2 Å². The highest BCUT2D eigenvalue weighted by atomic mass is 16.5. The molecule has 1 atom stereocenters. The fourth-order valence-corrected chi connectivity index (χ4v) is 1.15. The highest BCUT2D eigenvalue weighted by Crippen LogP contribution is 2.17. The van der Waals surface area contributed by atoms with Gasteiger partial charge in [0.15, 0.2) is 0 Å². The van der Waals surface area contributed by atoms with E-state index in [0.29, 0.717) is 19.6 Å². The molecule has 0 aromatic rings. The largest absolute Gasteiger partial charge is 0.394 e. The number of amides is 1. The number of aliphatic hydroxyl groups excluding tert-OH is 1. The first kappa shape index (κ1) is 9.04. The van der Waals surface area contributed by atoms with Gasteiger partial charge in [0.25, 0.3) is 5.91 Å². The van der Waals surface area contributed by atoms with Crippen LogP contribution in [0.5, 0.6) is 0 Å². The average Bonchev–Trinajstić information content (AvgIpc) is 2.54. The molecule has 1 heterocycles. The second-order valence-corrected chi connectivity index (χ2v) is 2.84. The van der Waals surface area contributed by atoms with Gasteiger partial charge in [-0.2, -0.15) is 0 Å². The Morgan fingerprint density at radius 3 is 3.00 bits per heavy atom. The Labute approximate surface area is 70.9 Å². The summed E-state index contributed by atoms with van der Waals surface area (Å²) in [5.74, 6) is 1.43. The first-order valence-electron chi connectivity index (χ1n) is 3.70. The van der Waals surface area contributed by atoms with Gasteiger partial charge in [0.2, 0.25) is 0 Å². The lowest BCUT2D eigenvalue weighted by molar-refractivity contribution is -0.118. The number of hydrogen-bond donors (Lipinski definition) is 2. The van der Waals surface area contributed by atoms with Crippen LogP contribution in [0.1, 0.15) is 6.42 Å². The van der Waals surface area contributed by atoms with Crippen LogP contribution in [0.2, 0.25) is 0 Å². The van der Waals surface area contributed by atoms with Gasteiger partial charge in [-0.05, 0) is 12.3 Å². The third-order valence-corrected chi connectivity index (χ3v) is 1.92. The molecule has 0 saturated carbocycles. The van der Waals surface area contributed by atoms with Crippen molar-refractivity contribution < 1.29 is 14.6 Å². The second-order valence-electron chi connectivity index (χ2n) is 2.84. The molecule has 1 aliphatic rings. The highest BCUT2D eigenvalue weighted by Gasteiger charge is 2.35. The Morgan fingerprint density at radius 2 is 2.58 bits per heavy atom. The zero-order chi connectivity index (χ0) is 9.03. The Balaban J connectivity index is 2.56. The van der Waals surface area contributed by atoms with Gasteiger partial charge in [0.05, 0.1) is 18.8 Å². The maximum Gasteiger partial charge on any atom is 0.296 e. The van der Waals surface area contributed by atoms with E-state index in [4.69, 9.17) is 16.3 Å². The molecule has 0 aromatic heterocycles. The lowest BCUT2D eigenvalue weighted by Gasteiger charge is -2.24. The molecule has 0 bridgehead atoms. The number of nitrogens with one attached hydrogen (secondary N) is 1. The van der Waals surface area contributed by atoms with Crippen LogP contribution >= 0.6 is 0 Å². The van der Waals surface area contributed by atoms with Crippen molar-refractivity contribution in [3.63, 3.8) is 0 Å². The Morgan fingerprint density at radius 1 is 1.83 bits per heavy atom. The van der Waals surface area contributed by atoms with Crippen molar-refractivity contribution in [3.8, 4) is 12.3 Å². The Kier molecular flexibility index (Phi) is 2.69. The van der Waals surface area contributed by atoms with Gasteiger partial charge in [-0.1, -0.05) is 0 Å². The predicted octanol–water partition coefficient (Wildman–Crippen LogP) is -1.11. The lowest BCUT2D eigenvalue weighted by atomic mass is 10.0. The third kappa shape index (κ3) is 1.76. The maximum atomic E-state index is 10.8. The summed E-state index contributed by atoms with van der Waals surface area (Å²) >= 11 is 0. The Bertz CT molecular complexity index is 213. The first-order chi connectivity index (χ1) is 5.72. The quantitative estimate of drug-likeness (QED) is 0.515. The van der Waals surface area contributed by atoms with Crippen molar-refractivity contribution in [1.29, 1.82) is 0 Å². The van der Waals surface area contributed by atoms with E-state index >= 15 is 0 Å². The number of carbonyl (C=O) groups excluding carboxylic acids is 1. The van der Waals surface area contributed by atoms with Crippen molar-refractivity contribution in [1.82, 2.24) is 5.32 Å². The summed E-state index contributed by atoms with van der Waals surface area (Å²) in [6.07, 6.45) is 5.49. The number of ether oxygens (including phenoxy) is 1. The molecular weight excluding hydrogens is 158 g/mol. The molecule has 1 rings (SSSR count). The molecule has 1 amide bonds. The molecule has 66 valence electrons. The summed E-state index contributed by atoms with van der Waals surface area (Å²) in [6, 6.07) is 0. The van der Waals surface area contributed by atoms with Gasteiger partial charge >= 0.3 is 0 Å². The molecule has 1 saturated heterocycles. The van der Waals surface area contributed by atoms with Gasteiger partial charge in [0.1, 0.15) is 0 Å². The van der Waals surface area contributed by atoms with Crippen molar-refractivity contribution in [2.45, 2.75) is 12.0 Å². The van der Waals surface area contributed by atoms with Crippen molar-refractivity contribution in [2.24, 2.45) is 0 Å². The molecule has 4 nitrogen and oxygen atoms in total. The summed E-state index contributed by atoms with van der Waals surface area (Å²) in [5, 5.41) is 11.5. The Hall–Kier alpha value is -1.05. The maximum absolute atomic E-state index is 10.8. The van der Waals surface area contributed by atoms with E-state index < -0.39 is 11.4 Å². The third-order valence-electron chi connectivity index (χ3n) is 1.92. The topological polar surface area (TPSA) is 58.6 Å². The summed E-state index contributed by atoms with van der Waals surface area (Å²) in [4.78, 5) is 10.8. The molecule has 0 spiro atoms. The van der Waals surface area contributed by atoms with Crippen molar-refractivity contribution in [3.05, 3.63) is 0 Å². The SMILES string of the molecule is C#CC(=O)NC1(CO)CCOC1. The normalized spacial score (nSPS) is 28.0. The van der Waals surface area contributed by atoms with Gasteiger partial charge in [0, 0.05) is 6.61 Å². The molecule has 1 unspecified atom stereocenters. The molecule has 1 aliphatic heterocycles. The van der Waals surface area contributed by atoms with Gasteiger partial charge in [-0.3, -0.25) is 4.79 Å². The molecule has 1 fully saturated rings. The van der Waals surface area contributed by atoms with Crippen LogP contribution in [0.15, 0.2) is 0 Å². The molecule has 0 aliphatic carbocycles. The number of carbonyl (C=O) groups is 1. The van der Waals surface area contributed by atoms with Crippen LogP contribution in [0.4, 0.5) is 0 Å². The zero-order valence-corrected chi connectivity index (χ0v) is 6.67. The van der Waals surface area contributed by atoms with Gasteiger partial charge in [-0.15, -0.1) is 6.42 Å². The number of terminal acetylenes is 1. The van der Waals surface area contributed by atoms with Crippen molar-refractivity contribution in [2.75, 3.05) is 19.8 Å². The van der Waals surface area contributed by atoms with E-state index in [-0.39, 0.29) is 6.61 Å². The minimum atomic E-state index is -0.649. The van der Waals surface area contributed by atoms with Crippen LogP contribution in [-0.2, 0) is 9.53 Å². The predicted molar refractivity (Wildman–Crippen MR) is 42.2 cm³/mol. The number of aliphatic hydroxyl groups is 1. The minimum absolute atomic E-state index is 0.138. The first-order valence-corrected chi connectivity index (χ1v) is 3.70. The summed E-state index contributed by atoms with van der Waals surface area (Å²) in [7, 11) is 0. The highest BCUT2D eigenvalue weighted by molar-refractivity contribution is 5.93. The van der Waals surface area contributed by atoms with Crippen molar-refractivity contribution >= 4 is 5.91 Å². The number of hydrogen-bond acceptors (Lipinski definition) is 3. The fraction of sp³-hybridized carbons (Fsp3) is 0.625. The van der Waals surface area contributed by atoms with E-state index in [0.717, 1.165) is 0 Å². The minimum Gasteiger partial charge on any atom is -0.394 e. The van der Waals surface area contributed by atoms with Crippen LogP contribution in [-0.4, -0.2) is 36.4 Å². The molecule has 0 aromatic carbocycles. The molecule has 12 heavy (non-hydrogen) atoms. The summed E-state index contributed by atoms with van der Waals surface area (Å²) in [6.45, 7) is 0.739. The zero-order valence-electron chi connectivity index (χ0n) is 6.67. The van der Waals surface area contributed by atoms with Crippen LogP contribution in [0.25, 0.3) is 0 Å². The van der Waals surface area contributed by atoms with E-state index in [2.05, 4.69) is 5.32 Å². The van der Waals surface area contributed by atoms with E-state index in [1.165, 1.54) is 0 Å². The lowest BCUT2D eigenvalue weighted by Crippen LogP contribution is -2.51. The van der Waals surface area contributed by atoms with Crippen LogP contribution in [0.3, 0.4) is 0 Å². The smallest absolute Gasteiger partial charge is 0.296 e. The molecule has 2 N–H and O–H groups in total. The average molecular weight is 169 g/mol. The van der Waals surface area contributed by atoms with Crippen LogP contribution in [0, 0.1) is 12.3 Å². The second kappa shape index (κ2) is 3.57. The molecule has 0 radical (unpaired) electrons. The summed E-state index contributed by atoms with van der Waals surface area (Å²) < 4.78 is 5.05. The van der Waals surface area contributed by atoms with E-state index in [1.807, 2.05) is 5.92 Å². The molecule has 4 heteroatoms. The van der Waals surface area contributed by atoms with Crippen LogP contribution < -0.4 is 5.32 Å². The van der Waals surface area contributed by atoms with E-state index in [1.54, 1.807) is 0 Å². The van der Waals surface area contributed by atoms with E-state index in [9.17, 15) is 4.79 Å². The standard InChI is InChI=1S/C8H11NO3/c1-2-7(11)9-8(5-10)3-4-12-6-8/h1,10H,3-6H2,(H,9,11). The monoisotopic (exact) mass is 169 g/mol. The van der Waals surface area contributed by atoms with Gasteiger partial charge in [-0.25, -0.2) is 0 Å². The number of rotatable bonds is 2. The molecular formula is C8H11NO3. The fourth-order valence-electron chi connectivity index (χ4n) is 1.15. The summed E-state index contributed by atoms with van der Waals surface area (Å²) in [5.41, 5.74) is -0.649.